The van der Waals surface area contributed by atoms with Gasteiger partial charge in [0, 0.05) is 18.0 Å². The second kappa shape index (κ2) is 5.43. The Hall–Kier alpha value is -1.39. The topological polar surface area (TPSA) is 49.8 Å². The molecule has 2 heterocycles. The summed E-state index contributed by atoms with van der Waals surface area (Å²) in [7, 11) is 3.46. The normalized spacial score (nSPS) is 35.7. The van der Waals surface area contributed by atoms with Gasteiger partial charge < -0.3 is 9.84 Å². The quantitative estimate of drug-likeness (QED) is 0.842. The lowest BCUT2D eigenvalue weighted by Gasteiger charge is -2.41. The Balaban J connectivity index is 1.97. The van der Waals surface area contributed by atoms with Gasteiger partial charge in [0.2, 0.25) is 0 Å². The van der Waals surface area contributed by atoms with Crippen molar-refractivity contribution < 1.29 is 14.6 Å². The lowest BCUT2D eigenvalue weighted by molar-refractivity contribution is -0.150. The van der Waals surface area contributed by atoms with Crippen molar-refractivity contribution in [3.05, 3.63) is 35.4 Å². The zero-order chi connectivity index (χ0) is 15.1. The van der Waals surface area contributed by atoms with Gasteiger partial charge in [-0.3, -0.25) is 9.69 Å². The molecule has 114 valence electrons. The number of aryl methyl sites for hydroxylation is 1. The van der Waals surface area contributed by atoms with Crippen LogP contribution in [0.3, 0.4) is 0 Å². The first-order valence-corrected chi connectivity index (χ1v) is 7.57. The molecular weight excluding hydrogens is 266 g/mol. The Morgan fingerprint density at radius 1 is 1.24 bits per heavy atom. The van der Waals surface area contributed by atoms with Crippen LogP contribution in [0.2, 0.25) is 0 Å². The maximum atomic E-state index is 12.3. The molecule has 4 nitrogen and oxygen atoms in total. The van der Waals surface area contributed by atoms with E-state index in [1.54, 1.807) is 0 Å². The molecule has 2 fully saturated rings. The Kier molecular flexibility index (Phi) is 3.76. The summed E-state index contributed by atoms with van der Waals surface area (Å²) >= 11 is 0. The first kappa shape index (κ1) is 14.5. The minimum Gasteiger partial charge on any atom is -0.469 e. The summed E-state index contributed by atoms with van der Waals surface area (Å²) in [5.74, 6) is -0.234. The van der Waals surface area contributed by atoms with Crippen molar-refractivity contribution >= 4 is 5.97 Å². The summed E-state index contributed by atoms with van der Waals surface area (Å²) in [5.41, 5.74) is 2.39. The van der Waals surface area contributed by atoms with Crippen LogP contribution in [0.4, 0.5) is 0 Å². The number of piperidine rings is 1. The molecule has 21 heavy (non-hydrogen) atoms. The molecule has 0 aromatic heterocycles. The molecule has 0 amide bonds. The minimum absolute atomic E-state index is 0.0671. The number of benzene rings is 1. The largest absolute Gasteiger partial charge is 0.469 e. The summed E-state index contributed by atoms with van der Waals surface area (Å²) in [6.07, 6.45) is 1.11. The van der Waals surface area contributed by atoms with Crippen LogP contribution in [-0.4, -0.2) is 48.3 Å². The van der Waals surface area contributed by atoms with Crippen molar-refractivity contribution in [2.45, 2.75) is 43.9 Å². The first-order valence-electron chi connectivity index (χ1n) is 7.57. The maximum absolute atomic E-state index is 12.3. The van der Waals surface area contributed by atoms with Gasteiger partial charge in [-0.2, -0.15) is 0 Å². The molecule has 2 aliphatic heterocycles. The number of ether oxygens (including phenoxy) is 1. The van der Waals surface area contributed by atoms with E-state index in [2.05, 4.69) is 36.1 Å². The predicted octanol–water partition coefficient (Wildman–Crippen LogP) is 1.71. The van der Waals surface area contributed by atoms with Crippen molar-refractivity contribution in [3.63, 3.8) is 0 Å². The Morgan fingerprint density at radius 2 is 1.90 bits per heavy atom. The van der Waals surface area contributed by atoms with Crippen LogP contribution in [0.5, 0.6) is 0 Å². The van der Waals surface area contributed by atoms with Crippen LogP contribution in [0.15, 0.2) is 24.3 Å². The van der Waals surface area contributed by atoms with Gasteiger partial charge in [-0.15, -0.1) is 0 Å². The summed E-state index contributed by atoms with van der Waals surface area (Å²) in [6, 6.07) is 8.58. The number of aliphatic hydroxyl groups is 1. The molecule has 0 saturated carbocycles. The van der Waals surface area contributed by atoms with Crippen molar-refractivity contribution in [2.75, 3.05) is 14.2 Å². The van der Waals surface area contributed by atoms with Gasteiger partial charge in [-0.1, -0.05) is 29.8 Å². The number of rotatable bonds is 2. The van der Waals surface area contributed by atoms with Crippen LogP contribution in [-0.2, 0) is 9.53 Å². The summed E-state index contributed by atoms with van der Waals surface area (Å²) in [4.78, 5) is 14.5. The van der Waals surface area contributed by atoms with Gasteiger partial charge in [-0.05, 0) is 32.4 Å². The van der Waals surface area contributed by atoms with E-state index in [0.29, 0.717) is 6.42 Å². The summed E-state index contributed by atoms with van der Waals surface area (Å²) < 4.78 is 5.05. The van der Waals surface area contributed by atoms with Crippen molar-refractivity contribution in [3.8, 4) is 0 Å². The fraction of sp³-hybridized carbons (Fsp3) is 0.588. The number of methoxy groups -OCH3 is 1. The van der Waals surface area contributed by atoms with E-state index in [1.165, 1.54) is 18.2 Å². The number of hydrogen-bond donors (Lipinski definition) is 1. The van der Waals surface area contributed by atoms with Crippen LogP contribution in [0.25, 0.3) is 0 Å². The molecule has 2 saturated heterocycles. The van der Waals surface area contributed by atoms with E-state index in [4.69, 9.17) is 4.74 Å². The first-order chi connectivity index (χ1) is 10.0. The monoisotopic (exact) mass is 289 g/mol. The van der Waals surface area contributed by atoms with Gasteiger partial charge >= 0.3 is 5.97 Å². The third-order valence-corrected chi connectivity index (χ3v) is 5.30. The molecule has 2 bridgehead atoms. The third kappa shape index (κ3) is 2.36. The van der Waals surface area contributed by atoms with Gasteiger partial charge in [0.25, 0.3) is 0 Å². The number of carbonyl (C=O) groups is 1. The second-order valence-corrected chi connectivity index (χ2v) is 6.41. The maximum Gasteiger partial charge on any atom is 0.310 e. The number of esters is 1. The molecule has 0 radical (unpaired) electrons. The van der Waals surface area contributed by atoms with Crippen LogP contribution < -0.4 is 0 Å². The number of hydrogen-bond acceptors (Lipinski definition) is 4. The molecule has 0 aliphatic carbocycles. The minimum atomic E-state index is -0.345. The molecule has 5 atom stereocenters. The Morgan fingerprint density at radius 3 is 2.52 bits per heavy atom. The number of aliphatic hydroxyl groups excluding tert-OH is 1. The van der Waals surface area contributed by atoms with E-state index < -0.39 is 0 Å². The lowest BCUT2D eigenvalue weighted by atomic mass is 9.76. The predicted molar refractivity (Wildman–Crippen MR) is 80.0 cm³/mol. The molecule has 3 rings (SSSR count). The van der Waals surface area contributed by atoms with E-state index in [0.717, 1.165) is 6.42 Å². The molecule has 2 aliphatic rings. The molecule has 4 heteroatoms. The van der Waals surface area contributed by atoms with Gasteiger partial charge in [0.1, 0.15) is 0 Å². The fourth-order valence-electron chi connectivity index (χ4n) is 4.10. The van der Waals surface area contributed by atoms with E-state index >= 15 is 0 Å². The average molecular weight is 289 g/mol. The van der Waals surface area contributed by atoms with E-state index in [-0.39, 0.29) is 36.0 Å². The van der Waals surface area contributed by atoms with E-state index in [9.17, 15) is 9.90 Å². The molecule has 0 spiro atoms. The summed E-state index contributed by atoms with van der Waals surface area (Å²) in [6.45, 7) is 2.06. The SMILES string of the molecule is COC(=O)[C@@H]1[C@H]2C[C@H](O)[C@H](C[C@H]1c1ccc(C)cc1)N2C. The smallest absolute Gasteiger partial charge is 0.310 e. The highest BCUT2D eigenvalue weighted by molar-refractivity contribution is 5.75. The molecule has 1 N–H and O–H groups in total. The van der Waals surface area contributed by atoms with Crippen LogP contribution in [0, 0.1) is 12.8 Å². The van der Waals surface area contributed by atoms with Gasteiger partial charge in [0.15, 0.2) is 0 Å². The zero-order valence-electron chi connectivity index (χ0n) is 12.8. The van der Waals surface area contributed by atoms with Gasteiger partial charge in [-0.25, -0.2) is 0 Å². The third-order valence-electron chi connectivity index (χ3n) is 5.30. The highest BCUT2D eigenvalue weighted by atomic mass is 16.5. The van der Waals surface area contributed by atoms with Gasteiger partial charge in [0.05, 0.1) is 19.1 Å². The summed E-state index contributed by atoms with van der Waals surface area (Å²) in [5, 5.41) is 10.3. The molecular formula is C17H23NO3. The van der Waals surface area contributed by atoms with Crippen molar-refractivity contribution in [2.24, 2.45) is 5.92 Å². The van der Waals surface area contributed by atoms with E-state index in [1.807, 2.05) is 7.05 Å². The number of fused-ring (bicyclic) bond motifs is 2. The van der Waals surface area contributed by atoms with Crippen LogP contribution >= 0.6 is 0 Å². The van der Waals surface area contributed by atoms with Crippen molar-refractivity contribution in [1.82, 2.24) is 4.90 Å². The average Bonchev–Trinajstić information content (AvgIpc) is 2.66. The highest BCUT2D eigenvalue weighted by Gasteiger charge is 2.53. The van der Waals surface area contributed by atoms with Crippen LogP contribution in [0.1, 0.15) is 29.9 Å². The number of likely N-dealkylation sites (N-methyl/N-ethyl adjacent to an activating group) is 1. The molecule has 1 aromatic rings. The Labute approximate surface area is 125 Å². The second-order valence-electron chi connectivity index (χ2n) is 6.41. The molecule has 1 aromatic carbocycles. The zero-order valence-corrected chi connectivity index (χ0v) is 12.8. The van der Waals surface area contributed by atoms with Crippen molar-refractivity contribution in [1.29, 1.82) is 0 Å². The standard InChI is InChI=1S/C17H23NO3/c1-10-4-6-11(7-5-10)12-8-13-15(19)9-14(18(13)2)16(12)17(20)21-3/h4-7,12-16,19H,8-9H2,1-3H3/t12-,13-,14+,15-,16-/m0/s1. The number of carbonyl (C=O) groups excluding carboxylic acids is 1. The molecule has 0 unspecified atom stereocenters. The fourth-order valence-corrected chi connectivity index (χ4v) is 4.10. The lowest BCUT2D eigenvalue weighted by Crippen LogP contribution is -2.49. The number of nitrogens with zero attached hydrogens (tertiary/aromatic N) is 1. The highest BCUT2D eigenvalue weighted by Crippen LogP contribution is 2.46. The Bertz CT molecular complexity index is 527.